The van der Waals surface area contributed by atoms with E-state index in [0.717, 1.165) is 11.8 Å². The van der Waals surface area contributed by atoms with Crippen molar-refractivity contribution < 1.29 is 0 Å². The molecule has 0 amide bonds. The maximum Gasteiger partial charge on any atom is -0.0203 e. The van der Waals surface area contributed by atoms with Crippen molar-refractivity contribution in [1.29, 1.82) is 0 Å². The van der Waals surface area contributed by atoms with E-state index < -0.39 is 0 Å². The van der Waals surface area contributed by atoms with Gasteiger partial charge in [0.1, 0.15) is 0 Å². The molecule has 2 bridgehead atoms. The molecular weight excluding hydrogens is 96.1 g/mol. The summed E-state index contributed by atoms with van der Waals surface area (Å²) in [7, 11) is 0. The summed E-state index contributed by atoms with van der Waals surface area (Å²) in [5.74, 6) is 1.99. The zero-order valence-corrected chi connectivity index (χ0v) is 5.19. The lowest BCUT2D eigenvalue weighted by molar-refractivity contribution is 0.562. The fourth-order valence-electron chi connectivity index (χ4n) is 2.17. The Balaban J connectivity index is 2.22. The number of hydrogen-bond acceptors (Lipinski definition) is 0. The molecule has 0 saturated heterocycles. The van der Waals surface area contributed by atoms with Gasteiger partial charge >= 0.3 is 0 Å². The molecule has 0 radical (unpaired) electrons. The van der Waals surface area contributed by atoms with Gasteiger partial charge in [-0.05, 0) is 37.5 Å². The van der Waals surface area contributed by atoms with Gasteiger partial charge in [0.2, 0.25) is 0 Å². The Bertz CT molecular complexity index is 124. The van der Waals surface area contributed by atoms with Gasteiger partial charge in [-0.2, -0.15) is 0 Å². The fraction of sp³-hybridized carbons (Fsp3) is 0.750. The Morgan fingerprint density at radius 2 is 2.25 bits per heavy atom. The molecule has 2 aliphatic carbocycles. The fourth-order valence-corrected chi connectivity index (χ4v) is 2.17. The highest BCUT2D eigenvalue weighted by Crippen LogP contribution is 2.46. The van der Waals surface area contributed by atoms with Crippen LogP contribution in [0.5, 0.6) is 0 Å². The average molecular weight is 108 g/mol. The smallest absolute Gasteiger partial charge is 0.0203 e. The van der Waals surface area contributed by atoms with E-state index in [1.54, 1.807) is 5.57 Å². The van der Waals surface area contributed by atoms with Crippen LogP contribution in [-0.2, 0) is 0 Å². The summed E-state index contributed by atoms with van der Waals surface area (Å²) < 4.78 is 0. The third-order valence-corrected chi connectivity index (χ3v) is 2.67. The number of rotatable bonds is 0. The van der Waals surface area contributed by atoms with Crippen LogP contribution in [0.3, 0.4) is 0 Å². The maximum atomic E-state index is 4.04. The SMILES string of the molecule is C=C1C[C@@H]2CC[C@@H]1C2. The Kier molecular flexibility index (Phi) is 0.787. The monoisotopic (exact) mass is 108 g/mol. The normalized spacial score (nSPS) is 43.8. The minimum absolute atomic E-state index is 0.944. The molecule has 0 N–H and O–H groups in total. The van der Waals surface area contributed by atoms with E-state index in [-0.39, 0.29) is 0 Å². The molecule has 8 heavy (non-hydrogen) atoms. The maximum absolute atomic E-state index is 4.04. The van der Waals surface area contributed by atoms with Gasteiger partial charge < -0.3 is 0 Å². The van der Waals surface area contributed by atoms with E-state index in [2.05, 4.69) is 6.58 Å². The first-order valence-electron chi connectivity index (χ1n) is 3.54. The van der Waals surface area contributed by atoms with Gasteiger partial charge in [-0.15, -0.1) is 0 Å². The summed E-state index contributed by atoms with van der Waals surface area (Å²) in [6, 6.07) is 0. The lowest BCUT2D eigenvalue weighted by atomic mass is 9.96. The minimum Gasteiger partial charge on any atom is -0.0996 e. The van der Waals surface area contributed by atoms with E-state index in [1.165, 1.54) is 25.7 Å². The molecule has 0 unspecified atom stereocenters. The third-order valence-electron chi connectivity index (χ3n) is 2.67. The second kappa shape index (κ2) is 1.37. The second-order valence-electron chi connectivity index (χ2n) is 3.24. The zero-order chi connectivity index (χ0) is 5.56. The minimum atomic E-state index is 0.944. The molecule has 0 heteroatoms. The van der Waals surface area contributed by atoms with E-state index in [1.807, 2.05) is 0 Å². The molecule has 2 rings (SSSR count). The first kappa shape index (κ1) is 4.60. The van der Waals surface area contributed by atoms with Crippen LogP contribution in [0, 0.1) is 11.8 Å². The molecule has 2 aliphatic rings. The average Bonchev–Trinajstić information content (AvgIpc) is 2.23. The van der Waals surface area contributed by atoms with E-state index >= 15 is 0 Å². The predicted octanol–water partition coefficient (Wildman–Crippen LogP) is 2.36. The zero-order valence-electron chi connectivity index (χ0n) is 5.19. The van der Waals surface area contributed by atoms with Gasteiger partial charge in [-0.25, -0.2) is 0 Å². The van der Waals surface area contributed by atoms with E-state index in [0.29, 0.717) is 0 Å². The molecule has 0 aromatic heterocycles. The van der Waals surface area contributed by atoms with Crippen molar-refractivity contribution in [1.82, 2.24) is 0 Å². The highest BCUT2D eigenvalue weighted by molar-refractivity contribution is 5.12. The highest BCUT2D eigenvalue weighted by Gasteiger charge is 2.33. The van der Waals surface area contributed by atoms with Crippen molar-refractivity contribution in [2.45, 2.75) is 25.7 Å². The van der Waals surface area contributed by atoms with Crippen molar-refractivity contribution in [3.05, 3.63) is 12.2 Å². The van der Waals surface area contributed by atoms with Gasteiger partial charge in [0.25, 0.3) is 0 Å². The van der Waals surface area contributed by atoms with Crippen LogP contribution < -0.4 is 0 Å². The summed E-state index contributed by atoms with van der Waals surface area (Å²) >= 11 is 0. The summed E-state index contributed by atoms with van der Waals surface area (Å²) in [6.45, 7) is 4.04. The van der Waals surface area contributed by atoms with Crippen LogP contribution in [0.25, 0.3) is 0 Å². The van der Waals surface area contributed by atoms with Crippen molar-refractivity contribution in [3.8, 4) is 0 Å². The van der Waals surface area contributed by atoms with Crippen LogP contribution in [-0.4, -0.2) is 0 Å². The van der Waals surface area contributed by atoms with Crippen molar-refractivity contribution >= 4 is 0 Å². The quantitative estimate of drug-likeness (QED) is 0.418. The summed E-state index contributed by atoms with van der Waals surface area (Å²) in [5.41, 5.74) is 1.54. The summed E-state index contributed by atoms with van der Waals surface area (Å²) in [5, 5.41) is 0. The molecule has 0 aliphatic heterocycles. The molecule has 0 aromatic carbocycles. The lowest BCUT2D eigenvalue weighted by Gasteiger charge is -2.09. The molecule has 2 atom stereocenters. The number of hydrogen-bond donors (Lipinski definition) is 0. The highest BCUT2D eigenvalue weighted by atomic mass is 14.4. The topological polar surface area (TPSA) is 0 Å². The van der Waals surface area contributed by atoms with Gasteiger partial charge in [0, 0.05) is 0 Å². The number of allylic oxidation sites excluding steroid dienone is 1. The van der Waals surface area contributed by atoms with Crippen LogP contribution in [0.2, 0.25) is 0 Å². The Morgan fingerprint density at radius 1 is 1.38 bits per heavy atom. The van der Waals surface area contributed by atoms with Crippen molar-refractivity contribution in [3.63, 3.8) is 0 Å². The number of fused-ring (bicyclic) bond motifs is 2. The van der Waals surface area contributed by atoms with E-state index in [9.17, 15) is 0 Å². The molecule has 0 aromatic rings. The Morgan fingerprint density at radius 3 is 2.50 bits per heavy atom. The van der Waals surface area contributed by atoms with Gasteiger partial charge in [0.15, 0.2) is 0 Å². The predicted molar refractivity (Wildman–Crippen MR) is 34.6 cm³/mol. The Hall–Kier alpha value is -0.260. The van der Waals surface area contributed by atoms with Crippen LogP contribution >= 0.6 is 0 Å². The molecule has 2 fully saturated rings. The van der Waals surface area contributed by atoms with E-state index in [4.69, 9.17) is 0 Å². The summed E-state index contributed by atoms with van der Waals surface area (Å²) in [6.07, 6.45) is 5.76. The molecule has 0 spiro atoms. The largest absolute Gasteiger partial charge is 0.0996 e. The van der Waals surface area contributed by atoms with Gasteiger partial charge in [0.05, 0.1) is 0 Å². The summed E-state index contributed by atoms with van der Waals surface area (Å²) in [4.78, 5) is 0. The van der Waals surface area contributed by atoms with Crippen LogP contribution in [0.4, 0.5) is 0 Å². The molecule has 2 saturated carbocycles. The second-order valence-corrected chi connectivity index (χ2v) is 3.24. The first-order chi connectivity index (χ1) is 3.86. The van der Waals surface area contributed by atoms with Crippen molar-refractivity contribution in [2.24, 2.45) is 11.8 Å². The van der Waals surface area contributed by atoms with Crippen LogP contribution in [0.1, 0.15) is 25.7 Å². The van der Waals surface area contributed by atoms with Gasteiger partial charge in [-0.3, -0.25) is 0 Å². The standard InChI is InChI=1S/C8H12/c1-6-4-7-2-3-8(6)5-7/h7-8H,1-5H2/t7-,8+/m0/s1. The first-order valence-corrected chi connectivity index (χ1v) is 3.54. The van der Waals surface area contributed by atoms with Gasteiger partial charge in [-0.1, -0.05) is 12.2 Å². The molecule has 0 nitrogen and oxygen atoms in total. The molecule has 0 heterocycles. The lowest BCUT2D eigenvalue weighted by Crippen LogP contribution is -1.95. The van der Waals surface area contributed by atoms with Crippen molar-refractivity contribution in [2.75, 3.05) is 0 Å². The molecular formula is C8H12. The van der Waals surface area contributed by atoms with Crippen LogP contribution in [0.15, 0.2) is 12.2 Å². The molecule has 44 valence electrons. The third kappa shape index (κ3) is 0.460. The Labute approximate surface area is 50.6 Å².